The van der Waals surface area contributed by atoms with Gasteiger partial charge < -0.3 is 0 Å². The molecular formula is C9H19F7N2OP3-. The van der Waals surface area contributed by atoms with Crippen molar-refractivity contribution < 1.29 is 33.9 Å². The molecule has 0 saturated carbocycles. The molecule has 0 aromatic carbocycles. The van der Waals surface area contributed by atoms with E-state index in [1.807, 2.05) is 0 Å². The molecule has 136 valence electrons. The van der Waals surface area contributed by atoms with E-state index in [-0.39, 0.29) is 6.35 Å². The fraction of sp³-hybridized carbons (Fsp3) is 1.00. The second kappa shape index (κ2) is 6.89. The van der Waals surface area contributed by atoms with Crippen LogP contribution in [0.1, 0.15) is 25.7 Å². The Hall–Kier alpha value is 0.680. The van der Waals surface area contributed by atoms with Gasteiger partial charge in [0, 0.05) is 26.2 Å². The molecule has 2 aliphatic rings. The van der Waals surface area contributed by atoms with Crippen LogP contribution in [0.5, 0.6) is 0 Å². The number of hydrogen-bond acceptors (Lipinski definition) is 3. The zero-order chi connectivity index (χ0) is 17.1. The first kappa shape index (κ1) is 20.7. The summed E-state index contributed by atoms with van der Waals surface area (Å²) in [4.78, 5) is 4.54. The SMILES string of the molecule is FP(P)OC(N1CCCC1)N1CCCC1.F[P-](F)(F)(F)(F)F. The molecule has 2 aliphatic heterocycles. The molecule has 2 unspecified atom stereocenters. The summed E-state index contributed by atoms with van der Waals surface area (Å²) < 4.78 is 77.6. The summed E-state index contributed by atoms with van der Waals surface area (Å²) in [5.74, 6) is 0. The number of likely N-dealkylation sites (tertiary alicyclic amines) is 2. The molecule has 2 heterocycles. The zero-order valence-corrected chi connectivity index (χ0v) is 14.6. The summed E-state index contributed by atoms with van der Waals surface area (Å²) in [6.07, 6.45) is 4.76. The Morgan fingerprint density at radius 2 is 1.09 bits per heavy atom. The number of nitrogens with zero attached hydrogens (tertiary/aromatic N) is 2. The average molecular weight is 397 g/mol. The molecule has 2 atom stereocenters. The Kier molecular flexibility index (Phi) is 6.49. The summed E-state index contributed by atoms with van der Waals surface area (Å²) >= 11 is 0. The van der Waals surface area contributed by atoms with Crippen LogP contribution in [0.2, 0.25) is 0 Å². The van der Waals surface area contributed by atoms with Crippen molar-refractivity contribution in [1.29, 1.82) is 0 Å². The summed E-state index contributed by atoms with van der Waals surface area (Å²) in [6.45, 7) is 4.20. The second-order valence-electron chi connectivity index (χ2n) is 5.15. The average Bonchev–Trinajstić information content (AvgIpc) is 2.95. The van der Waals surface area contributed by atoms with Gasteiger partial charge in [0.25, 0.3) is 0 Å². The molecule has 2 rings (SSSR count). The molecule has 0 amide bonds. The molecule has 0 bridgehead atoms. The second-order valence-corrected chi connectivity index (χ2v) is 9.04. The molecule has 13 heteroatoms. The third-order valence-corrected chi connectivity index (χ3v) is 3.86. The third-order valence-electron chi connectivity index (χ3n) is 3.10. The fourth-order valence-electron chi connectivity index (χ4n) is 2.38. The quantitative estimate of drug-likeness (QED) is 0.432. The Labute approximate surface area is 127 Å². The Morgan fingerprint density at radius 1 is 0.818 bits per heavy atom. The van der Waals surface area contributed by atoms with Gasteiger partial charge in [-0.25, -0.2) is 0 Å². The van der Waals surface area contributed by atoms with E-state index in [2.05, 4.69) is 18.7 Å². The maximum atomic E-state index is 13.0. The van der Waals surface area contributed by atoms with Crippen LogP contribution < -0.4 is 0 Å². The van der Waals surface area contributed by atoms with Crippen molar-refractivity contribution in [2.24, 2.45) is 0 Å². The fourth-order valence-corrected chi connectivity index (χ4v) is 3.15. The molecule has 0 aliphatic carbocycles. The van der Waals surface area contributed by atoms with Gasteiger partial charge in [-0.1, -0.05) is 0 Å². The van der Waals surface area contributed by atoms with Crippen molar-refractivity contribution in [2.45, 2.75) is 32.0 Å². The van der Waals surface area contributed by atoms with Gasteiger partial charge in [0.2, 0.25) is 8.15 Å². The predicted molar refractivity (Wildman–Crippen MR) is 77.8 cm³/mol. The number of rotatable bonds is 4. The van der Waals surface area contributed by atoms with Crippen LogP contribution in [-0.2, 0) is 4.52 Å². The van der Waals surface area contributed by atoms with E-state index < -0.39 is 16.0 Å². The van der Waals surface area contributed by atoms with Crippen LogP contribution in [0.25, 0.3) is 0 Å². The first-order valence-corrected chi connectivity index (χ1v) is 11.4. The molecule has 0 aromatic heterocycles. The monoisotopic (exact) mass is 397 g/mol. The molecule has 0 aromatic rings. The molecule has 0 radical (unpaired) electrons. The number of hydrogen-bond donors (Lipinski definition) is 0. The topological polar surface area (TPSA) is 15.7 Å². The van der Waals surface area contributed by atoms with E-state index in [4.69, 9.17) is 4.52 Å². The molecule has 3 nitrogen and oxygen atoms in total. The van der Waals surface area contributed by atoms with Crippen molar-refractivity contribution in [3.63, 3.8) is 0 Å². The van der Waals surface area contributed by atoms with Gasteiger partial charge in [-0.2, -0.15) is 4.20 Å². The molecule has 2 saturated heterocycles. The Morgan fingerprint density at radius 3 is 1.32 bits per heavy atom. The van der Waals surface area contributed by atoms with Gasteiger partial charge in [0.1, 0.15) is 0 Å². The van der Waals surface area contributed by atoms with Crippen molar-refractivity contribution in [3.8, 4) is 0 Å². The van der Waals surface area contributed by atoms with Crippen molar-refractivity contribution in [2.75, 3.05) is 26.2 Å². The van der Waals surface area contributed by atoms with Gasteiger partial charge in [0.05, 0.1) is 0 Å². The first-order chi connectivity index (χ1) is 9.72. The summed E-state index contributed by atoms with van der Waals surface area (Å²) in [5.41, 5.74) is 0. The molecule has 22 heavy (non-hydrogen) atoms. The summed E-state index contributed by atoms with van der Waals surface area (Å²) in [7, 11) is -10.4. The first-order valence-electron chi connectivity index (χ1n) is 6.64. The normalized spacial score (nSPS) is 25.5. The number of halogens is 7. The minimum absolute atomic E-state index is 0.108. The van der Waals surface area contributed by atoms with Crippen LogP contribution in [0.3, 0.4) is 0 Å². The van der Waals surface area contributed by atoms with Gasteiger partial charge in [-0.15, -0.1) is 0 Å². The minimum atomic E-state index is -10.7. The van der Waals surface area contributed by atoms with E-state index in [0.717, 1.165) is 26.2 Å². The van der Waals surface area contributed by atoms with Crippen LogP contribution >= 0.6 is 24.9 Å². The van der Waals surface area contributed by atoms with Crippen LogP contribution in [0.4, 0.5) is 29.4 Å². The van der Waals surface area contributed by atoms with Gasteiger partial charge in [-0.05, 0) is 34.6 Å². The molecule has 0 N–H and O–H groups in total. The molecule has 2 fully saturated rings. The van der Waals surface area contributed by atoms with Crippen molar-refractivity contribution >= 4 is 24.9 Å². The van der Waals surface area contributed by atoms with E-state index >= 15 is 0 Å². The summed E-state index contributed by atoms with van der Waals surface area (Å²) in [5, 5.41) is 0. The van der Waals surface area contributed by atoms with E-state index in [1.165, 1.54) is 25.7 Å². The van der Waals surface area contributed by atoms with E-state index in [1.54, 1.807) is 0 Å². The van der Waals surface area contributed by atoms with E-state index in [9.17, 15) is 29.4 Å². The van der Waals surface area contributed by atoms with Crippen molar-refractivity contribution in [1.82, 2.24) is 9.80 Å². The van der Waals surface area contributed by atoms with Crippen LogP contribution in [-0.4, -0.2) is 42.3 Å². The predicted octanol–water partition coefficient (Wildman–Crippen LogP) is 5.93. The van der Waals surface area contributed by atoms with Gasteiger partial charge in [0.15, 0.2) is 6.35 Å². The van der Waals surface area contributed by atoms with E-state index in [0.29, 0.717) is 0 Å². The van der Waals surface area contributed by atoms with Crippen LogP contribution in [0, 0.1) is 0 Å². The molecular weight excluding hydrogens is 378 g/mol. The Balaban J connectivity index is 0.000000295. The van der Waals surface area contributed by atoms with Gasteiger partial charge in [-0.3, -0.25) is 14.3 Å². The van der Waals surface area contributed by atoms with Gasteiger partial charge >= 0.3 is 33.0 Å². The Bertz CT molecular complexity index is 327. The van der Waals surface area contributed by atoms with Crippen molar-refractivity contribution in [3.05, 3.63) is 0 Å². The van der Waals surface area contributed by atoms with Crippen LogP contribution in [0.15, 0.2) is 0 Å². The third kappa shape index (κ3) is 11.3. The zero-order valence-electron chi connectivity index (χ0n) is 11.7. The maximum absolute atomic E-state index is 13.0. The standard InChI is InChI=1S/C9H19FN2OP2.F6P/c10-15(14)13-9(11-5-1-2-6-11)12-7-3-4-8-12;1-7(2,3,4,5)6/h9H,1-8,14H2;/q;-1. The summed E-state index contributed by atoms with van der Waals surface area (Å²) in [6, 6.07) is 0. The molecule has 0 spiro atoms.